The number of hydrogen-bond donors (Lipinski definition) is 0. The van der Waals surface area contributed by atoms with Crippen LogP contribution in [0.3, 0.4) is 0 Å². The first-order chi connectivity index (χ1) is 34.7. The van der Waals surface area contributed by atoms with E-state index in [0.29, 0.717) is 5.82 Å². The molecule has 0 saturated carbocycles. The molecule has 0 bridgehead atoms. The first-order valence-corrected chi connectivity index (χ1v) is 23.7. The number of fused-ring (bicyclic) bond motifs is 5. The molecule has 3 aromatic heterocycles. The molecule has 5 nitrogen and oxygen atoms in total. The quantitative estimate of drug-likeness (QED) is 0.145. The van der Waals surface area contributed by atoms with Gasteiger partial charge in [0.05, 0.1) is 39.1 Å². The first-order valence-electron chi connectivity index (χ1n) is 23.7. The molecule has 328 valence electrons. The summed E-state index contributed by atoms with van der Waals surface area (Å²) in [7, 11) is 0. The summed E-state index contributed by atoms with van der Waals surface area (Å²) in [6, 6.07) is 92.4. The standard InChI is InChI=1S/C65H43N5/c1-7-19-44(20-8-1)53-36-38-60-62(42-53)69-61-41-52(46-31-33-51(34-32-46)64-66-58(49-27-15-5-16-28-49)43-59(67-64)50-29-17-6-18-30-50)35-37-57(61)68-65(69)70(60)63-55(47-23-11-3-12-24-47)39-54(45-21-9-2-10-22-45)40-56(63)48-25-13-4-14-26-48/h1-43H. The Bertz CT molecular complexity index is 3880. The summed E-state index contributed by atoms with van der Waals surface area (Å²) in [5, 5.41) is 0. The van der Waals surface area contributed by atoms with Gasteiger partial charge in [-0.25, -0.2) is 15.0 Å². The average molecular weight is 894 g/mol. The molecule has 0 aliphatic carbocycles. The molecule has 0 amide bonds. The Kier molecular flexibility index (Phi) is 10.1. The molecule has 0 aliphatic rings. The van der Waals surface area contributed by atoms with Gasteiger partial charge in [-0.05, 0) is 87.0 Å². The van der Waals surface area contributed by atoms with Gasteiger partial charge in [0, 0.05) is 27.8 Å². The highest BCUT2D eigenvalue weighted by Crippen LogP contribution is 2.44. The van der Waals surface area contributed by atoms with E-state index in [1.807, 2.05) is 36.4 Å². The summed E-state index contributed by atoms with van der Waals surface area (Å²) < 4.78 is 4.75. The van der Waals surface area contributed by atoms with E-state index in [9.17, 15) is 0 Å². The lowest BCUT2D eigenvalue weighted by Gasteiger charge is -2.20. The molecule has 10 aromatic carbocycles. The number of hydrogen-bond acceptors (Lipinski definition) is 3. The van der Waals surface area contributed by atoms with Gasteiger partial charge in [0.25, 0.3) is 0 Å². The van der Waals surface area contributed by atoms with Gasteiger partial charge < -0.3 is 0 Å². The van der Waals surface area contributed by atoms with Gasteiger partial charge >= 0.3 is 0 Å². The third kappa shape index (κ3) is 7.34. The van der Waals surface area contributed by atoms with Crippen LogP contribution in [0.5, 0.6) is 0 Å². The van der Waals surface area contributed by atoms with Gasteiger partial charge in [-0.15, -0.1) is 0 Å². The third-order valence-corrected chi connectivity index (χ3v) is 13.4. The van der Waals surface area contributed by atoms with Crippen LogP contribution < -0.4 is 0 Å². The van der Waals surface area contributed by atoms with Crippen molar-refractivity contribution in [3.63, 3.8) is 0 Å². The van der Waals surface area contributed by atoms with Crippen molar-refractivity contribution >= 4 is 27.8 Å². The molecule has 5 heteroatoms. The largest absolute Gasteiger partial charge is 0.277 e. The Labute approximate surface area is 406 Å². The highest BCUT2D eigenvalue weighted by Gasteiger charge is 2.25. The zero-order valence-corrected chi connectivity index (χ0v) is 38.1. The Morgan fingerprint density at radius 1 is 0.257 bits per heavy atom. The van der Waals surface area contributed by atoms with Crippen LogP contribution in [0.25, 0.3) is 123 Å². The van der Waals surface area contributed by atoms with Crippen LogP contribution in [0.1, 0.15) is 0 Å². The maximum Gasteiger partial charge on any atom is 0.220 e. The third-order valence-electron chi connectivity index (χ3n) is 13.4. The van der Waals surface area contributed by atoms with E-state index in [-0.39, 0.29) is 0 Å². The number of rotatable bonds is 9. The molecule has 0 unspecified atom stereocenters. The lowest BCUT2D eigenvalue weighted by Crippen LogP contribution is -2.02. The molecule has 0 aliphatic heterocycles. The highest BCUT2D eigenvalue weighted by molar-refractivity contribution is 6.00. The molecule has 0 spiro atoms. The molecule has 0 saturated heterocycles. The summed E-state index contributed by atoms with van der Waals surface area (Å²) in [6.45, 7) is 0. The second-order valence-electron chi connectivity index (χ2n) is 17.6. The van der Waals surface area contributed by atoms with E-state index in [0.717, 1.165) is 117 Å². The minimum atomic E-state index is 0.684. The fourth-order valence-electron chi connectivity index (χ4n) is 9.91. The topological polar surface area (TPSA) is 48.0 Å². The molecular formula is C65H43N5. The van der Waals surface area contributed by atoms with Gasteiger partial charge in [0.15, 0.2) is 5.82 Å². The second kappa shape index (κ2) is 17.3. The summed E-state index contributed by atoms with van der Waals surface area (Å²) in [4.78, 5) is 15.7. The zero-order valence-electron chi connectivity index (χ0n) is 38.1. The lowest BCUT2D eigenvalue weighted by atomic mass is 9.90. The Morgan fingerprint density at radius 2 is 0.657 bits per heavy atom. The molecule has 3 heterocycles. The number of nitrogens with zero attached hydrogens (tertiary/aromatic N) is 5. The van der Waals surface area contributed by atoms with Crippen LogP contribution in [0.15, 0.2) is 261 Å². The molecular weight excluding hydrogens is 851 g/mol. The summed E-state index contributed by atoms with van der Waals surface area (Å²) in [5.74, 6) is 1.53. The Balaban J connectivity index is 1.02. The summed E-state index contributed by atoms with van der Waals surface area (Å²) >= 11 is 0. The lowest BCUT2D eigenvalue weighted by molar-refractivity contribution is 1.11. The van der Waals surface area contributed by atoms with Gasteiger partial charge in [-0.2, -0.15) is 0 Å². The van der Waals surface area contributed by atoms with Gasteiger partial charge in [-0.3, -0.25) is 8.97 Å². The van der Waals surface area contributed by atoms with Crippen molar-refractivity contribution in [1.82, 2.24) is 23.9 Å². The molecule has 0 radical (unpaired) electrons. The molecule has 0 N–H and O–H groups in total. The summed E-state index contributed by atoms with van der Waals surface area (Å²) in [5.41, 5.74) is 21.3. The van der Waals surface area contributed by atoms with E-state index in [1.165, 1.54) is 0 Å². The van der Waals surface area contributed by atoms with Crippen LogP contribution in [0, 0.1) is 0 Å². The molecule has 13 rings (SSSR count). The van der Waals surface area contributed by atoms with Crippen molar-refractivity contribution in [1.29, 1.82) is 0 Å². The highest BCUT2D eigenvalue weighted by atomic mass is 15.2. The molecule has 0 fully saturated rings. The van der Waals surface area contributed by atoms with Gasteiger partial charge in [0.1, 0.15) is 0 Å². The molecule has 0 atom stereocenters. The first kappa shape index (κ1) is 40.8. The van der Waals surface area contributed by atoms with Crippen molar-refractivity contribution < 1.29 is 0 Å². The van der Waals surface area contributed by atoms with Crippen molar-refractivity contribution in [3.05, 3.63) is 261 Å². The van der Waals surface area contributed by atoms with Crippen LogP contribution in [0.2, 0.25) is 0 Å². The van der Waals surface area contributed by atoms with Crippen LogP contribution in [0.4, 0.5) is 0 Å². The maximum absolute atomic E-state index is 5.55. The Hall–Kier alpha value is -9.45. The van der Waals surface area contributed by atoms with Crippen molar-refractivity contribution in [2.75, 3.05) is 0 Å². The monoisotopic (exact) mass is 893 g/mol. The minimum absolute atomic E-state index is 0.684. The van der Waals surface area contributed by atoms with E-state index < -0.39 is 0 Å². The van der Waals surface area contributed by atoms with Crippen molar-refractivity contribution in [3.8, 4) is 95.2 Å². The van der Waals surface area contributed by atoms with Crippen LogP contribution in [-0.2, 0) is 0 Å². The number of benzene rings is 10. The normalized spacial score (nSPS) is 11.4. The van der Waals surface area contributed by atoms with E-state index >= 15 is 0 Å². The fourth-order valence-corrected chi connectivity index (χ4v) is 9.91. The smallest absolute Gasteiger partial charge is 0.220 e. The minimum Gasteiger partial charge on any atom is -0.277 e. The van der Waals surface area contributed by atoms with Gasteiger partial charge in [0.2, 0.25) is 5.78 Å². The van der Waals surface area contributed by atoms with E-state index in [1.54, 1.807) is 0 Å². The second-order valence-corrected chi connectivity index (χ2v) is 17.6. The number of aromatic nitrogens is 5. The maximum atomic E-state index is 5.55. The predicted molar refractivity (Wildman–Crippen MR) is 289 cm³/mol. The SMILES string of the molecule is c1ccc(-c2cc(-c3ccccc3)c(-n3c4ccc(-c5ccccc5)cc4n4c5cc(-c6ccc(-c7nc(-c8ccccc8)cc(-c8ccccc8)n7)cc6)ccc5nc34)c(-c3ccccc3)c2)cc1. The summed E-state index contributed by atoms with van der Waals surface area (Å²) in [6.07, 6.45) is 0. The van der Waals surface area contributed by atoms with Crippen molar-refractivity contribution in [2.45, 2.75) is 0 Å². The van der Waals surface area contributed by atoms with Crippen LogP contribution >= 0.6 is 0 Å². The van der Waals surface area contributed by atoms with Crippen molar-refractivity contribution in [2.24, 2.45) is 0 Å². The molecule has 13 aromatic rings. The van der Waals surface area contributed by atoms with E-state index in [2.05, 4.69) is 233 Å². The Morgan fingerprint density at radius 3 is 1.17 bits per heavy atom. The van der Waals surface area contributed by atoms with Crippen LogP contribution in [-0.4, -0.2) is 23.9 Å². The predicted octanol–water partition coefficient (Wildman–Crippen LogP) is 16.6. The average Bonchev–Trinajstić information content (AvgIpc) is 3.98. The fraction of sp³-hybridized carbons (Fsp3) is 0. The van der Waals surface area contributed by atoms with Gasteiger partial charge in [-0.1, -0.05) is 218 Å². The van der Waals surface area contributed by atoms with E-state index in [4.69, 9.17) is 15.0 Å². The number of imidazole rings is 2. The molecule has 70 heavy (non-hydrogen) atoms. The zero-order chi connectivity index (χ0) is 46.4.